The maximum atomic E-state index is 12.7. The molecule has 20 heavy (non-hydrogen) atoms. The van der Waals surface area contributed by atoms with Gasteiger partial charge in [0.2, 0.25) is 0 Å². The van der Waals surface area contributed by atoms with E-state index in [4.69, 9.17) is 0 Å². The summed E-state index contributed by atoms with van der Waals surface area (Å²) in [7, 11) is 1.60. The lowest BCUT2D eigenvalue weighted by atomic mass is 10.1. The molecule has 1 unspecified atom stereocenters. The molecule has 0 aliphatic heterocycles. The largest absolute Gasteiger partial charge is 0.416 e. The van der Waals surface area contributed by atoms with Crippen LogP contribution in [0.2, 0.25) is 0 Å². The maximum absolute atomic E-state index is 12.7. The minimum Gasteiger partial charge on any atom is -0.341 e. The number of alkyl halides is 3. The van der Waals surface area contributed by atoms with Gasteiger partial charge in [-0.25, -0.2) is 0 Å². The topological polar surface area (TPSA) is 20.3 Å². The average Bonchev–Trinajstić information content (AvgIpc) is 2.36. The van der Waals surface area contributed by atoms with E-state index in [0.717, 1.165) is 18.6 Å². The quantitative estimate of drug-likeness (QED) is 0.776. The molecule has 1 aromatic carbocycles. The third-order valence-electron chi connectivity index (χ3n) is 3.15. The minimum absolute atomic E-state index is 0.0330. The molecule has 2 nitrogen and oxygen atoms in total. The van der Waals surface area contributed by atoms with Gasteiger partial charge in [0.1, 0.15) is 0 Å². The molecule has 0 bridgehead atoms. The van der Waals surface area contributed by atoms with E-state index in [-0.39, 0.29) is 5.56 Å². The molecule has 0 radical (unpaired) electrons. The Balaban J connectivity index is 3.03. The lowest BCUT2D eigenvalue weighted by molar-refractivity contribution is -0.137. The molecule has 112 valence electrons. The van der Waals surface area contributed by atoms with Crippen molar-refractivity contribution in [3.05, 3.63) is 33.8 Å². The van der Waals surface area contributed by atoms with Crippen molar-refractivity contribution in [2.24, 2.45) is 5.92 Å². The highest BCUT2D eigenvalue weighted by atomic mass is 79.9. The first-order chi connectivity index (χ1) is 9.16. The van der Waals surface area contributed by atoms with Crippen molar-refractivity contribution in [3.63, 3.8) is 0 Å². The van der Waals surface area contributed by atoms with Crippen LogP contribution in [0.1, 0.15) is 36.2 Å². The number of halogens is 4. The lowest BCUT2D eigenvalue weighted by Crippen LogP contribution is -2.31. The zero-order valence-electron chi connectivity index (χ0n) is 11.6. The summed E-state index contributed by atoms with van der Waals surface area (Å²) in [6, 6.07) is 3.10. The Kier molecular flexibility index (Phi) is 5.62. The van der Waals surface area contributed by atoms with E-state index in [1.807, 2.05) is 13.8 Å². The second kappa shape index (κ2) is 6.61. The van der Waals surface area contributed by atoms with E-state index in [1.165, 1.54) is 11.0 Å². The van der Waals surface area contributed by atoms with Crippen molar-refractivity contribution in [2.45, 2.75) is 26.4 Å². The smallest absolute Gasteiger partial charge is 0.341 e. The van der Waals surface area contributed by atoms with Gasteiger partial charge in [-0.2, -0.15) is 13.2 Å². The van der Waals surface area contributed by atoms with Crippen molar-refractivity contribution in [3.8, 4) is 0 Å². The summed E-state index contributed by atoms with van der Waals surface area (Å²) in [5, 5.41) is 0. The molecule has 1 atom stereocenters. The minimum atomic E-state index is -4.45. The van der Waals surface area contributed by atoms with Crippen molar-refractivity contribution in [1.82, 2.24) is 4.90 Å². The maximum Gasteiger partial charge on any atom is 0.416 e. The highest BCUT2D eigenvalue weighted by Gasteiger charge is 2.32. The molecule has 0 aromatic heterocycles. The standard InChI is InChI=1S/C14H17BrF3NO/c1-4-9(2)8-19(3)13(20)11-7-10(14(16,17)18)5-6-12(11)15/h5-7,9H,4,8H2,1-3H3. The van der Waals surface area contributed by atoms with E-state index >= 15 is 0 Å². The van der Waals surface area contributed by atoms with Gasteiger partial charge in [0.25, 0.3) is 5.91 Å². The summed E-state index contributed by atoms with van der Waals surface area (Å²) < 4.78 is 38.4. The van der Waals surface area contributed by atoms with Crippen LogP contribution in [-0.2, 0) is 6.18 Å². The normalized spacial score (nSPS) is 13.2. The predicted octanol–water partition coefficient (Wildman–Crippen LogP) is 4.59. The molecule has 0 fully saturated rings. The van der Waals surface area contributed by atoms with E-state index < -0.39 is 17.6 Å². The van der Waals surface area contributed by atoms with Crippen LogP contribution in [0.15, 0.2) is 22.7 Å². The predicted molar refractivity (Wildman–Crippen MR) is 75.6 cm³/mol. The van der Waals surface area contributed by atoms with E-state index in [2.05, 4.69) is 15.9 Å². The molecule has 0 heterocycles. The summed E-state index contributed by atoms with van der Waals surface area (Å²) in [6.45, 7) is 4.51. The fourth-order valence-corrected chi connectivity index (χ4v) is 2.17. The van der Waals surface area contributed by atoms with Crippen LogP contribution in [0.25, 0.3) is 0 Å². The first-order valence-corrected chi connectivity index (χ1v) is 7.08. The average molecular weight is 352 g/mol. The molecule has 1 amide bonds. The molecule has 0 spiro atoms. The Morgan fingerprint density at radius 3 is 2.50 bits per heavy atom. The van der Waals surface area contributed by atoms with Crippen LogP contribution < -0.4 is 0 Å². The second-order valence-electron chi connectivity index (χ2n) is 4.89. The monoisotopic (exact) mass is 351 g/mol. The van der Waals surface area contributed by atoms with Crippen molar-refractivity contribution >= 4 is 21.8 Å². The number of nitrogens with zero attached hydrogens (tertiary/aromatic N) is 1. The van der Waals surface area contributed by atoms with Gasteiger partial charge < -0.3 is 4.90 Å². The molecular formula is C14H17BrF3NO. The van der Waals surface area contributed by atoms with Crippen molar-refractivity contribution in [1.29, 1.82) is 0 Å². The third-order valence-corrected chi connectivity index (χ3v) is 3.84. The molecule has 6 heteroatoms. The SMILES string of the molecule is CCC(C)CN(C)C(=O)c1cc(C(F)(F)F)ccc1Br. The molecule has 0 aliphatic carbocycles. The Labute approximate surface area is 125 Å². The van der Waals surface area contributed by atoms with Gasteiger partial charge in [0.05, 0.1) is 11.1 Å². The number of carbonyl (C=O) groups is 1. The lowest BCUT2D eigenvalue weighted by Gasteiger charge is -2.22. The Morgan fingerprint density at radius 1 is 1.40 bits per heavy atom. The molecule has 0 aliphatic rings. The molecule has 0 N–H and O–H groups in total. The van der Waals surface area contributed by atoms with E-state index in [9.17, 15) is 18.0 Å². The number of carbonyl (C=O) groups excluding carboxylic acids is 1. The summed E-state index contributed by atoms with van der Waals surface area (Å²) >= 11 is 3.13. The van der Waals surface area contributed by atoms with Gasteiger partial charge >= 0.3 is 6.18 Å². The van der Waals surface area contributed by atoms with E-state index in [1.54, 1.807) is 7.05 Å². The number of hydrogen-bond donors (Lipinski definition) is 0. The Hall–Kier alpha value is -1.04. The van der Waals surface area contributed by atoms with Gasteiger partial charge in [-0.3, -0.25) is 4.79 Å². The molecule has 1 rings (SSSR count). The number of benzene rings is 1. The van der Waals surface area contributed by atoms with Gasteiger partial charge in [-0.15, -0.1) is 0 Å². The summed E-state index contributed by atoms with van der Waals surface area (Å²) in [5.74, 6) is -0.114. The molecular weight excluding hydrogens is 335 g/mol. The summed E-state index contributed by atoms with van der Waals surface area (Å²) in [4.78, 5) is 13.7. The number of amides is 1. The van der Waals surface area contributed by atoms with E-state index in [0.29, 0.717) is 16.9 Å². The van der Waals surface area contributed by atoms with Gasteiger partial charge in [0, 0.05) is 18.1 Å². The zero-order valence-corrected chi connectivity index (χ0v) is 13.2. The number of hydrogen-bond acceptors (Lipinski definition) is 1. The fourth-order valence-electron chi connectivity index (χ4n) is 1.75. The molecule has 0 saturated heterocycles. The molecule has 1 aromatic rings. The summed E-state index contributed by atoms with van der Waals surface area (Å²) in [6.07, 6.45) is -3.55. The highest BCUT2D eigenvalue weighted by Crippen LogP contribution is 2.32. The highest BCUT2D eigenvalue weighted by molar-refractivity contribution is 9.10. The first-order valence-electron chi connectivity index (χ1n) is 6.29. The van der Waals surface area contributed by atoms with Crippen molar-refractivity contribution in [2.75, 3.05) is 13.6 Å². The van der Waals surface area contributed by atoms with Crippen LogP contribution in [0.3, 0.4) is 0 Å². The fraction of sp³-hybridized carbons (Fsp3) is 0.500. The van der Waals surface area contributed by atoms with Gasteiger partial charge in [-0.1, -0.05) is 20.3 Å². The zero-order chi connectivity index (χ0) is 15.5. The second-order valence-corrected chi connectivity index (χ2v) is 5.75. The molecule has 0 saturated carbocycles. The third kappa shape index (κ3) is 4.23. The van der Waals surface area contributed by atoms with Gasteiger partial charge in [0.15, 0.2) is 0 Å². The van der Waals surface area contributed by atoms with Crippen LogP contribution in [0, 0.1) is 5.92 Å². The van der Waals surface area contributed by atoms with Gasteiger partial charge in [-0.05, 0) is 40.0 Å². The summed E-state index contributed by atoms with van der Waals surface area (Å²) in [5.41, 5.74) is -0.786. The Morgan fingerprint density at radius 2 is 2.00 bits per heavy atom. The number of rotatable bonds is 4. The van der Waals surface area contributed by atoms with Crippen LogP contribution >= 0.6 is 15.9 Å². The Bertz CT molecular complexity index is 488. The van der Waals surface area contributed by atoms with Crippen LogP contribution in [-0.4, -0.2) is 24.4 Å². The van der Waals surface area contributed by atoms with Crippen LogP contribution in [0.4, 0.5) is 13.2 Å². The first kappa shape index (κ1) is 17.0. The van der Waals surface area contributed by atoms with Crippen LogP contribution in [0.5, 0.6) is 0 Å². The van der Waals surface area contributed by atoms with Crippen molar-refractivity contribution < 1.29 is 18.0 Å².